The van der Waals surface area contributed by atoms with Crippen LogP contribution in [0.4, 0.5) is 5.82 Å². The lowest BCUT2D eigenvalue weighted by Gasteiger charge is -2.21. The van der Waals surface area contributed by atoms with E-state index >= 15 is 0 Å². The zero-order chi connectivity index (χ0) is 15.2. The van der Waals surface area contributed by atoms with Crippen molar-refractivity contribution in [2.45, 2.75) is 13.3 Å². The van der Waals surface area contributed by atoms with Crippen molar-refractivity contribution in [2.24, 2.45) is 5.84 Å². The molecule has 6 nitrogen and oxygen atoms in total. The van der Waals surface area contributed by atoms with Gasteiger partial charge in [-0.05, 0) is 25.5 Å². The van der Waals surface area contributed by atoms with Gasteiger partial charge < -0.3 is 15.4 Å². The molecule has 0 atom stereocenters. The fraction of sp³-hybridized carbons (Fsp3) is 0.333. The molecule has 0 aliphatic carbocycles. The molecule has 6 heteroatoms. The van der Waals surface area contributed by atoms with Crippen molar-refractivity contribution in [1.29, 1.82) is 0 Å². The monoisotopic (exact) mass is 288 g/mol. The van der Waals surface area contributed by atoms with E-state index in [2.05, 4.69) is 10.4 Å². The smallest absolute Gasteiger partial charge is 0.254 e. The SMILES string of the molecule is CCN(CCCO)C(=O)c1cc(NN)nc2ccccc12. The quantitative estimate of drug-likeness (QED) is 0.551. The maximum atomic E-state index is 12.7. The molecule has 0 radical (unpaired) electrons. The number of para-hydroxylation sites is 1. The Hall–Kier alpha value is -2.18. The first-order chi connectivity index (χ1) is 10.2. The number of nitrogen functional groups attached to an aromatic ring is 1. The summed E-state index contributed by atoms with van der Waals surface area (Å²) in [4.78, 5) is 18.8. The first kappa shape index (κ1) is 15.2. The van der Waals surface area contributed by atoms with E-state index < -0.39 is 0 Å². The minimum Gasteiger partial charge on any atom is -0.396 e. The van der Waals surface area contributed by atoms with Crippen LogP contribution >= 0.6 is 0 Å². The predicted octanol–water partition coefficient (Wildman–Crippen LogP) is 1.36. The summed E-state index contributed by atoms with van der Waals surface area (Å²) < 4.78 is 0. The average molecular weight is 288 g/mol. The number of hydrogen-bond acceptors (Lipinski definition) is 5. The molecule has 0 saturated heterocycles. The zero-order valence-corrected chi connectivity index (χ0v) is 12.0. The maximum absolute atomic E-state index is 12.7. The summed E-state index contributed by atoms with van der Waals surface area (Å²) in [6.45, 7) is 3.09. The Bertz CT molecular complexity index is 630. The molecule has 1 heterocycles. The number of fused-ring (bicyclic) bond motifs is 1. The number of pyridine rings is 1. The Labute approximate surface area is 123 Å². The fourth-order valence-corrected chi connectivity index (χ4v) is 2.26. The van der Waals surface area contributed by atoms with Crippen molar-refractivity contribution < 1.29 is 9.90 Å². The fourth-order valence-electron chi connectivity index (χ4n) is 2.26. The van der Waals surface area contributed by atoms with Gasteiger partial charge in [-0.2, -0.15) is 0 Å². The summed E-state index contributed by atoms with van der Waals surface area (Å²) in [5, 5.41) is 9.74. The second-order valence-electron chi connectivity index (χ2n) is 4.68. The third-order valence-corrected chi connectivity index (χ3v) is 3.35. The molecule has 0 saturated carbocycles. The maximum Gasteiger partial charge on any atom is 0.254 e. The van der Waals surface area contributed by atoms with Crippen molar-refractivity contribution >= 4 is 22.6 Å². The number of amides is 1. The summed E-state index contributed by atoms with van der Waals surface area (Å²) in [6.07, 6.45) is 0.560. The Balaban J connectivity index is 2.45. The van der Waals surface area contributed by atoms with Crippen LogP contribution in [0.5, 0.6) is 0 Å². The van der Waals surface area contributed by atoms with E-state index in [0.29, 0.717) is 30.9 Å². The normalized spacial score (nSPS) is 10.6. The highest BCUT2D eigenvalue weighted by Gasteiger charge is 2.18. The molecule has 4 N–H and O–H groups in total. The molecule has 1 aromatic carbocycles. The van der Waals surface area contributed by atoms with Crippen LogP contribution in [0.25, 0.3) is 10.9 Å². The van der Waals surface area contributed by atoms with E-state index in [4.69, 9.17) is 10.9 Å². The summed E-state index contributed by atoms with van der Waals surface area (Å²) in [5.41, 5.74) is 3.77. The molecule has 0 aliphatic heterocycles. The number of rotatable bonds is 6. The molecule has 0 bridgehead atoms. The number of aliphatic hydroxyl groups is 1. The lowest BCUT2D eigenvalue weighted by atomic mass is 10.1. The number of aromatic nitrogens is 1. The summed E-state index contributed by atoms with van der Waals surface area (Å²) in [6, 6.07) is 9.12. The number of carbonyl (C=O) groups is 1. The first-order valence-electron chi connectivity index (χ1n) is 6.97. The Kier molecular flexibility index (Phi) is 5.08. The van der Waals surface area contributed by atoms with Crippen LogP contribution in [0.2, 0.25) is 0 Å². The minimum atomic E-state index is -0.0824. The number of nitrogens with two attached hydrogens (primary N) is 1. The molecule has 2 aromatic rings. The standard InChI is InChI=1S/C15H20N4O2/c1-2-19(8-5-9-20)15(21)12-10-14(18-16)17-13-7-4-3-6-11(12)13/h3-4,6-7,10,20H,2,5,8-9,16H2,1H3,(H,17,18). The third-order valence-electron chi connectivity index (χ3n) is 3.35. The molecule has 2 rings (SSSR count). The van der Waals surface area contributed by atoms with Gasteiger partial charge >= 0.3 is 0 Å². The molecule has 0 aliphatic rings. The highest BCUT2D eigenvalue weighted by atomic mass is 16.3. The van der Waals surface area contributed by atoms with E-state index in [0.717, 1.165) is 10.9 Å². The summed E-state index contributed by atoms with van der Waals surface area (Å²) >= 11 is 0. The van der Waals surface area contributed by atoms with Gasteiger partial charge in [-0.25, -0.2) is 10.8 Å². The number of carbonyl (C=O) groups excluding carboxylic acids is 1. The van der Waals surface area contributed by atoms with Gasteiger partial charge in [0.1, 0.15) is 5.82 Å². The van der Waals surface area contributed by atoms with Gasteiger partial charge in [0.2, 0.25) is 0 Å². The Morgan fingerprint density at radius 2 is 2.19 bits per heavy atom. The third kappa shape index (κ3) is 3.29. The topological polar surface area (TPSA) is 91.5 Å². The molecule has 0 fully saturated rings. The van der Waals surface area contributed by atoms with E-state index in [1.807, 2.05) is 31.2 Å². The molecule has 0 unspecified atom stereocenters. The van der Waals surface area contributed by atoms with Crippen LogP contribution in [0, 0.1) is 0 Å². The zero-order valence-electron chi connectivity index (χ0n) is 12.0. The van der Waals surface area contributed by atoms with E-state index in [1.54, 1.807) is 11.0 Å². The largest absolute Gasteiger partial charge is 0.396 e. The predicted molar refractivity (Wildman–Crippen MR) is 82.8 cm³/mol. The van der Waals surface area contributed by atoms with Crippen LogP contribution in [0.3, 0.4) is 0 Å². The van der Waals surface area contributed by atoms with Gasteiger partial charge in [0.05, 0.1) is 11.1 Å². The van der Waals surface area contributed by atoms with E-state index in [-0.39, 0.29) is 12.5 Å². The molecular weight excluding hydrogens is 268 g/mol. The number of nitrogens with one attached hydrogen (secondary N) is 1. The molecular formula is C15H20N4O2. The van der Waals surface area contributed by atoms with Crippen LogP contribution in [0.1, 0.15) is 23.7 Å². The van der Waals surface area contributed by atoms with Gasteiger partial charge in [-0.1, -0.05) is 18.2 Å². The molecule has 112 valence electrons. The van der Waals surface area contributed by atoms with Crippen molar-refractivity contribution in [1.82, 2.24) is 9.88 Å². The number of benzene rings is 1. The lowest BCUT2D eigenvalue weighted by molar-refractivity contribution is 0.0756. The number of nitrogens with zero attached hydrogens (tertiary/aromatic N) is 2. The summed E-state index contributed by atoms with van der Waals surface area (Å²) in [7, 11) is 0. The van der Waals surface area contributed by atoms with Gasteiger partial charge in [-0.15, -0.1) is 0 Å². The summed E-state index contributed by atoms with van der Waals surface area (Å²) in [5.74, 6) is 5.80. The molecule has 1 amide bonds. The van der Waals surface area contributed by atoms with Crippen molar-refractivity contribution in [3.63, 3.8) is 0 Å². The number of anilines is 1. The van der Waals surface area contributed by atoms with Gasteiger partial charge in [0.15, 0.2) is 0 Å². The highest BCUT2D eigenvalue weighted by molar-refractivity contribution is 6.06. The molecule has 0 spiro atoms. The second-order valence-corrected chi connectivity index (χ2v) is 4.68. The highest BCUT2D eigenvalue weighted by Crippen LogP contribution is 2.22. The Morgan fingerprint density at radius 1 is 1.43 bits per heavy atom. The molecule has 1 aromatic heterocycles. The van der Waals surface area contributed by atoms with Crippen LogP contribution in [-0.4, -0.2) is 40.6 Å². The number of hydrazine groups is 1. The van der Waals surface area contributed by atoms with Crippen molar-refractivity contribution in [3.05, 3.63) is 35.9 Å². The average Bonchev–Trinajstić information content (AvgIpc) is 2.54. The minimum absolute atomic E-state index is 0.0660. The number of aliphatic hydroxyl groups excluding tert-OH is 1. The number of hydrogen-bond donors (Lipinski definition) is 3. The second kappa shape index (κ2) is 7.01. The van der Waals surface area contributed by atoms with Crippen LogP contribution < -0.4 is 11.3 Å². The van der Waals surface area contributed by atoms with Crippen LogP contribution in [0.15, 0.2) is 30.3 Å². The van der Waals surface area contributed by atoms with Gasteiger partial charge in [0, 0.05) is 25.1 Å². The Morgan fingerprint density at radius 3 is 2.86 bits per heavy atom. The molecule has 21 heavy (non-hydrogen) atoms. The van der Waals surface area contributed by atoms with Crippen molar-refractivity contribution in [3.8, 4) is 0 Å². The van der Waals surface area contributed by atoms with E-state index in [9.17, 15) is 4.79 Å². The van der Waals surface area contributed by atoms with Crippen LogP contribution in [-0.2, 0) is 0 Å². The van der Waals surface area contributed by atoms with Gasteiger partial charge in [-0.3, -0.25) is 4.79 Å². The lowest BCUT2D eigenvalue weighted by Crippen LogP contribution is -2.32. The first-order valence-corrected chi connectivity index (χ1v) is 6.97. The van der Waals surface area contributed by atoms with Crippen molar-refractivity contribution in [2.75, 3.05) is 25.1 Å². The van der Waals surface area contributed by atoms with Gasteiger partial charge in [0.25, 0.3) is 5.91 Å². The van der Waals surface area contributed by atoms with E-state index in [1.165, 1.54) is 0 Å².